The lowest BCUT2D eigenvalue weighted by atomic mass is 10.0. The second-order valence-electron chi connectivity index (χ2n) is 9.10. The van der Waals surface area contributed by atoms with Gasteiger partial charge in [0.05, 0.1) is 0 Å². The number of likely N-dealkylation sites (N-methyl/N-ethyl adjacent to an activating group) is 1. The van der Waals surface area contributed by atoms with Crippen LogP contribution < -0.4 is 10.6 Å². The highest BCUT2D eigenvalue weighted by molar-refractivity contribution is 7.98. The van der Waals surface area contributed by atoms with Gasteiger partial charge in [0.2, 0.25) is 11.8 Å². The van der Waals surface area contributed by atoms with Crippen LogP contribution in [0.5, 0.6) is 0 Å². The van der Waals surface area contributed by atoms with Crippen LogP contribution in [0.3, 0.4) is 0 Å². The fourth-order valence-corrected chi connectivity index (χ4v) is 3.78. The Balaban J connectivity index is 3.17. The van der Waals surface area contributed by atoms with Gasteiger partial charge in [-0.1, -0.05) is 37.8 Å². The molecule has 0 spiro atoms. The molecule has 1 aromatic rings. The van der Waals surface area contributed by atoms with Crippen LogP contribution in [-0.2, 0) is 14.3 Å². The molecule has 0 aromatic heterocycles. The van der Waals surface area contributed by atoms with Gasteiger partial charge in [0.25, 0.3) is 0 Å². The zero-order chi connectivity index (χ0) is 25.7. The summed E-state index contributed by atoms with van der Waals surface area (Å²) in [5.74, 6) is 2.57. The van der Waals surface area contributed by atoms with E-state index in [1.807, 2.05) is 6.26 Å². The number of ether oxygens (including phenoxy) is 1. The number of alkyl carbamates (subject to hydrolysis) is 1. The standard InChI is InChI=1S/C26H39N3O4S/c1-8-10-11-17-27-23(30)22(20-14-12-19(9-2)13-15-20)29(6)24(31)21(16-18-34-7)28-25(32)33-26(3,4)5/h2,12-15,21-22H,8,10-11,16-18H2,1,3-7H3,(H,27,30)(H,28,32). The van der Waals surface area contributed by atoms with Gasteiger partial charge in [-0.15, -0.1) is 6.42 Å². The minimum atomic E-state index is -0.863. The van der Waals surface area contributed by atoms with Crippen molar-refractivity contribution in [1.29, 1.82) is 0 Å². The number of nitrogens with zero attached hydrogens (tertiary/aromatic N) is 1. The molecule has 0 radical (unpaired) electrons. The Hall–Kier alpha value is -2.66. The maximum Gasteiger partial charge on any atom is 0.408 e. The van der Waals surface area contributed by atoms with Gasteiger partial charge in [0, 0.05) is 19.2 Å². The molecule has 0 saturated heterocycles. The third kappa shape index (κ3) is 10.1. The number of amides is 3. The molecule has 1 rings (SSSR count). The van der Waals surface area contributed by atoms with Crippen LogP contribution in [0.4, 0.5) is 4.79 Å². The SMILES string of the molecule is C#Cc1ccc(C(C(=O)NCCCCC)N(C)C(=O)C(CCSC)NC(=O)OC(C)(C)C)cc1. The summed E-state index contributed by atoms with van der Waals surface area (Å²) in [6, 6.07) is 5.32. The van der Waals surface area contributed by atoms with Gasteiger partial charge < -0.3 is 20.3 Å². The van der Waals surface area contributed by atoms with Gasteiger partial charge >= 0.3 is 6.09 Å². The number of hydrogen-bond acceptors (Lipinski definition) is 5. The molecule has 8 heteroatoms. The maximum absolute atomic E-state index is 13.5. The summed E-state index contributed by atoms with van der Waals surface area (Å²) in [6.07, 6.45) is 10.0. The van der Waals surface area contributed by atoms with Crippen LogP contribution in [0.15, 0.2) is 24.3 Å². The number of carbonyl (C=O) groups excluding carboxylic acids is 3. The first kappa shape index (κ1) is 29.4. The molecule has 0 aliphatic rings. The fraction of sp³-hybridized carbons (Fsp3) is 0.577. The number of rotatable bonds is 12. The molecule has 7 nitrogen and oxygen atoms in total. The summed E-state index contributed by atoms with van der Waals surface area (Å²) >= 11 is 1.57. The summed E-state index contributed by atoms with van der Waals surface area (Å²) in [4.78, 5) is 40.5. The van der Waals surface area contributed by atoms with Crippen LogP contribution in [0, 0.1) is 12.3 Å². The number of carbonyl (C=O) groups is 3. The summed E-state index contributed by atoms with van der Waals surface area (Å²) in [6.45, 7) is 7.90. The normalized spacial score (nSPS) is 12.7. The zero-order valence-electron chi connectivity index (χ0n) is 21.3. The number of hydrogen-bond donors (Lipinski definition) is 2. The van der Waals surface area contributed by atoms with Crippen molar-refractivity contribution in [2.45, 2.75) is 71.1 Å². The van der Waals surface area contributed by atoms with Crippen molar-refractivity contribution in [3.8, 4) is 12.3 Å². The van der Waals surface area contributed by atoms with E-state index in [0.717, 1.165) is 19.3 Å². The Morgan fingerprint density at radius 1 is 1.18 bits per heavy atom. The molecule has 0 fully saturated rings. The lowest BCUT2D eigenvalue weighted by Gasteiger charge is -2.31. The van der Waals surface area contributed by atoms with E-state index in [2.05, 4.69) is 23.5 Å². The van der Waals surface area contributed by atoms with E-state index in [1.165, 1.54) is 4.90 Å². The quantitative estimate of drug-likeness (QED) is 0.341. The molecule has 188 valence electrons. The second-order valence-corrected chi connectivity index (χ2v) is 10.1. The van der Waals surface area contributed by atoms with E-state index in [-0.39, 0.29) is 11.8 Å². The molecule has 2 atom stereocenters. The average Bonchev–Trinajstić information content (AvgIpc) is 2.78. The van der Waals surface area contributed by atoms with E-state index in [4.69, 9.17) is 11.2 Å². The van der Waals surface area contributed by atoms with Crippen molar-refractivity contribution < 1.29 is 19.1 Å². The van der Waals surface area contributed by atoms with Crippen molar-refractivity contribution in [2.24, 2.45) is 0 Å². The Bertz CT molecular complexity index is 843. The monoisotopic (exact) mass is 489 g/mol. The molecule has 0 aliphatic heterocycles. The van der Waals surface area contributed by atoms with Crippen LogP contribution in [0.1, 0.15) is 70.5 Å². The second kappa shape index (κ2) is 14.6. The first-order chi connectivity index (χ1) is 16.0. The fourth-order valence-electron chi connectivity index (χ4n) is 3.31. The maximum atomic E-state index is 13.5. The molecule has 0 heterocycles. The van der Waals surface area contributed by atoms with E-state index in [0.29, 0.717) is 29.8 Å². The van der Waals surface area contributed by atoms with E-state index in [9.17, 15) is 14.4 Å². The molecule has 0 saturated carbocycles. The summed E-state index contributed by atoms with van der Waals surface area (Å²) in [7, 11) is 1.58. The largest absolute Gasteiger partial charge is 0.444 e. The zero-order valence-corrected chi connectivity index (χ0v) is 22.1. The van der Waals surface area contributed by atoms with Gasteiger partial charge in [-0.25, -0.2) is 4.79 Å². The van der Waals surface area contributed by atoms with Gasteiger partial charge in [-0.2, -0.15) is 11.8 Å². The molecule has 34 heavy (non-hydrogen) atoms. The minimum Gasteiger partial charge on any atom is -0.444 e. The number of benzene rings is 1. The van der Waals surface area contributed by atoms with Gasteiger partial charge in [-0.05, 0) is 63.3 Å². The van der Waals surface area contributed by atoms with E-state index < -0.39 is 23.8 Å². The smallest absolute Gasteiger partial charge is 0.408 e. The topological polar surface area (TPSA) is 87.7 Å². The Morgan fingerprint density at radius 3 is 2.35 bits per heavy atom. The summed E-state index contributed by atoms with van der Waals surface area (Å²) in [5, 5.41) is 5.63. The predicted molar refractivity (Wildman–Crippen MR) is 139 cm³/mol. The molecule has 2 unspecified atom stereocenters. The lowest BCUT2D eigenvalue weighted by molar-refractivity contribution is -0.140. The van der Waals surface area contributed by atoms with Crippen LogP contribution in [-0.4, -0.2) is 60.1 Å². The molecule has 0 bridgehead atoms. The molecule has 1 aromatic carbocycles. The Kier molecular flexibility index (Phi) is 12.6. The average molecular weight is 490 g/mol. The van der Waals surface area contributed by atoms with Gasteiger partial charge in [-0.3, -0.25) is 9.59 Å². The number of terminal acetylenes is 1. The highest BCUT2D eigenvalue weighted by atomic mass is 32.2. The summed E-state index contributed by atoms with van der Waals surface area (Å²) in [5.41, 5.74) is 0.635. The Morgan fingerprint density at radius 2 is 1.82 bits per heavy atom. The number of nitrogens with one attached hydrogen (secondary N) is 2. The van der Waals surface area contributed by atoms with Crippen molar-refractivity contribution in [2.75, 3.05) is 25.6 Å². The highest BCUT2D eigenvalue weighted by Gasteiger charge is 2.33. The first-order valence-electron chi connectivity index (χ1n) is 11.6. The lowest BCUT2D eigenvalue weighted by Crippen LogP contribution is -2.52. The van der Waals surface area contributed by atoms with Crippen molar-refractivity contribution in [1.82, 2.24) is 15.5 Å². The highest BCUT2D eigenvalue weighted by Crippen LogP contribution is 2.22. The van der Waals surface area contributed by atoms with Crippen molar-refractivity contribution in [3.63, 3.8) is 0 Å². The van der Waals surface area contributed by atoms with Crippen LogP contribution in [0.2, 0.25) is 0 Å². The molecule has 3 amide bonds. The summed E-state index contributed by atoms with van der Waals surface area (Å²) < 4.78 is 5.35. The van der Waals surface area contributed by atoms with Crippen molar-refractivity contribution >= 4 is 29.7 Å². The molecular formula is C26H39N3O4S. The van der Waals surface area contributed by atoms with Crippen molar-refractivity contribution in [3.05, 3.63) is 35.4 Å². The predicted octanol–water partition coefficient (Wildman–Crippen LogP) is 4.12. The number of unbranched alkanes of at least 4 members (excludes halogenated alkanes) is 2. The molecular weight excluding hydrogens is 450 g/mol. The van der Waals surface area contributed by atoms with Crippen LogP contribution >= 0.6 is 11.8 Å². The Labute approximate surface area is 208 Å². The van der Waals surface area contributed by atoms with Gasteiger partial charge in [0.1, 0.15) is 17.7 Å². The molecule has 2 N–H and O–H groups in total. The number of thioether (sulfide) groups is 1. The van der Waals surface area contributed by atoms with Gasteiger partial charge in [0.15, 0.2) is 0 Å². The van der Waals surface area contributed by atoms with E-state index >= 15 is 0 Å². The van der Waals surface area contributed by atoms with E-state index in [1.54, 1.807) is 63.8 Å². The first-order valence-corrected chi connectivity index (χ1v) is 13.0. The van der Waals surface area contributed by atoms with Crippen LogP contribution in [0.25, 0.3) is 0 Å². The third-order valence-corrected chi connectivity index (χ3v) is 5.70. The minimum absolute atomic E-state index is 0.277. The molecule has 0 aliphatic carbocycles. The third-order valence-electron chi connectivity index (χ3n) is 5.06.